The molecule has 0 bridgehead atoms. The van der Waals surface area contributed by atoms with E-state index in [1.54, 1.807) is 36.4 Å². The number of para-hydroxylation sites is 2. The molecular weight excluding hydrogens is 333 g/mol. The van der Waals surface area contributed by atoms with Crippen molar-refractivity contribution in [2.75, 3.05) is 17.2 Å². The molecule has 6 heteroatoms. The van der Waals surface area contributed by atoms with E-state index >= 15 is 0 Å². The Morgan fingerprint density at radius 2 is 1.85 bits per heavy atom. The summed E-state index contributed by atoms with van der Waals surface area (Å²) < 4.78 is 18.4. The monoisotopic (exact) mass is 351 g/mol. The van der Waals surface area contributed by atoms with Gasteiger partial charge in [-0.15, -0.1) is 0 Å². The summed E-state index contributed by atoms with van der Waals surface area (Å²) >= 11 is 0. The van der Waals surface area contributed by atoms with Gasteiger partial charge in [0.25, 0.3) is 5.91 Å². The number of carbonyl (C=O) groups excluding carboxylic acids is 1. The lowest BCUT2D eigenvalue weighted by Crippen LogP contribution is -2.13. The van der Waals surface area contributed by atoms with Gasteiger partial charge in [-0.05, 0) is 55.5 Å². The number of carbonyl (C=O) groups is 1. The maximum atomic E-state index is 12.9. The third kappa shape index (κ3) is 4.36. The normalized spacial score (nSPS) is 10.2. The number of nitrogens with zero attached hydrogens (tertiary/aromatic N) is 1. The number of nitrogens with one attached hydrogen (secondary N) is 2. The topological polar surface area (TPSA) is 63.2 Å². The van der Waals surface area contributed by atoms with Gasteiger partial charge in [-0.25, -0.2) is 9.37 Å². The van der Waals surface area contributed by atoms with E-state index in [1.165, 1.54) is 18.3 Å². The molecule has 1 amide bonds. The third-order valence-corrected chi connectivity index (χ3v) is 3.58. The minimum Gasteiger partial charge on any atom is -0.492 e. The molecule has 0 aliphatic heterocycles. The first-order valence-electron chi connectivity index (χ1n) is 8.17. The third-order valence-electron chi connectivity index (χ3n) is 3.58. The van der Waals surface area contributed by atoms with Crippen molar-refractivity contribution in [3.8, 4) is 5.75 Å². The summed E-state index contributed by atoms with van der Waals surface area (Å²) in [6.45, 7) is 2.40. The Bertz CT molecular complexity index is 880. The minimum absolute atomic E-state index is 0.280. The molecule has 3 rings (SSSR count). The molecule has 1 aromatic heterocycles. The fraction of sp³-hybridized carbons (Fsp3) is 0.100. The van der Waals surface area contributed by atoms with Crippen LogP contribution in [0.25, 0.3) is 0 Å². The first-order valence-corrected chi connectivity index (χ1v) is 8.17. The van der Waals surface area contributed by atoms with Crippen molar-refractivity contribution in [2.45, 2.75) is 6.92 Å². The predicted octanol–water partition coefficient (Wildman–Crippen LogP) is 4.62. The van der Waals surface area contributed by atoms with Gasteiger partial charge in [-0.1, -0.05) is 12.1 Å². The van der Waals surface area contributed by atoms with Gasteiger partial charge in [0.2, 0.25) is 0 Å². The molecular formula is C20H18FN3O2. The summed E-state index contributed by atoms with van der Waals surface area (Å²) in [6.07, 6.45) is 1.48. The Balaban J connectivity index is 1.68. The van der Waals surface area contributed by atoms with Crippen LogP contribution in [-0.4, -0.2) is 17.5 Å². The first-order chi connectivity index (χ1) is 12.7. The summed E-state index contributed by atoms with van der Waals surface area (Å²) in [5.74, 6) is 0.592. The van der Waals surface area contributed by atoms with Crippen LogP contribution in [0.15, 0.2) is 66.9 Å². The van der Waals surface area contributed by atoms with Crippen LogP contribution in [0.2, 0.25) is 0 Å². The first kappa shape index (κ1) is 17.4. The van der Waals surface area contributed by atoms with Crippen molar-refractivity contribution < 1.29 is 13.9 Å². The van der Waals surface area contributed by atoms with Crippen molar-refractivity contribution in [3.05, 3.63) is 78.2 Å². The number of anilines is 3. The highest BCUT2D eigenvalue weighted by Gasteiger charge is 2.10. The van der Waals surface area contributed by atoms with Crippen molar-refractivity contribution in [1.82, 2.24) is 4.98 Å². The minimum atomic E-state index is -0.303. The van der Waals surface area contributed by atoms with Crippen molar-refractivity contribution in [1.29, 1.82) is 0 Å². The second-order valence-corrected chi connectivity index (χ2v) is 5.45. The van der Waals surface area contributed by atoms with Crippen LogP contribution in [0.3, 0.4) is 0 Å². The number of amides is 1. The van der Waals surface area contributed by atoms with Crippen molar-refractivity contribution in [3.63, 3.8) is 0 Å². The van der Waals surface area contributed by atoms with E-state index < -0.39 is 0 Å². The van der Waals surface area contributed by atoms with Crippen LogP contribution >= 0.6 is 0 Å². The van der Waals surface area contributed by atoms with Crippen LogP contribution in [0.5, 0.6) is 5.75 Å². The molecule has 3 aromatic rings. The zero-order valence-corrected chi connectivity index (χ0v) is 14.2. The van der Waals surface area contributed by atoms with Crippen molar-refractivity contribution in [2.24, 2.45) is 0 Å². The number of aromatic nitrogens is 1. The lowest BCUT2D eigenvalue weighted by Gasteiger charge is -2.11. The molecule has 0 atom stereocenters. The molecule has 0 unspecified atom stereocenters. The van der Waals surface area contributed by atoms with Crippen molar-refractivity contribution >= 4 is 23.1 Å². The molecule has 0 aliphatic carbocycles. The molecule has 5 nitrogen and oxygen atoms in total. The highest BCUT2D eigenvalue weighted by Crippen LogP contribution is 2.24. The van der Waals surface area contributed by atoms with Crippen LogP contribution < -0.4 is 15.4 Å². The summed E-state index contributed by atoms with van der Waals surface area (Å²) in [7, 11) is 0. The number of benzene rings is 2. The number of halogens is 1. The van der Waals surface area contributed by atoms with E-state index in [4.69, 9.17) is 4.74 Å². The van der Waals surface area contributed by atoms with E-state index in [0.29, 0.717) is 35.1 Å². The van der Waals surface area contributed by atoms with Crippen LogP contribution in [0, 0.1) is 5.82 Å². The molecule has 0 saturated carbocycles. The van der Waals surface area contributed by atoms with Gasteiger partial charge in [0, 0.05) is 11.9 Å². The average molecular weight is 351 g/mol. The number of hydrogen-bond acceptors (Lipinski definition) is 4. The molecule has 0 fully saturated rings. The van der Waals surface area contributed by atoms with Gasteiger partial charge in [0.05, 0.1) is 17.9 Å². The lowest BCUT2D eigenvalue weighted by molar-refractivity contribution is 0.102. The fourth-order valence-electron chi connectivity index (χ4n) is 2.33. The van der Waals surface area contributed by atoms with E-state index in [2.05, 4.69) is 15.6 Å². The Kier molecular flexibility index (Phi) is 5.43. The van der Waals surface area contributed by atoms with E-state index in [1.807, 2.05) is 19.1 Å². The molecule has 26 heavy (non-hydrogen) atoms. The van der Waals surface area contributed by atoms with Gasteiger partial charge >= 0.3 is 0 Å². The molecule has 2 aromatic carbocycles. The number of ether oxygens (including phenoxy) is 1. The standard InChI is InChI=1S/C20H18FN3O2/c1-2-26-18-6-4-3-5-17(18)24-20(25)14-7-12-19(22-13-14)23-16-10-8-15(21)9-11-16/h3-13H,2H2,1H3,(H,22,23)(H,24,25). The largest absolute Gasteiger partial charge is 0.492 e. The molecule has 0 saturated heterocycles. The van der Waals surface area contributed by atoms with Crippen LogP contribution in [-0.2, 0) is 0 Å². The second-order valence-electron chi connectivity index (χ2n) is 5.45. The van der Waals surface area contributed by atoms with E-state index in [0.717, 1.165) is 0 Å². The average Bonchev–Trinajstić information content (AvgIpc) is 2.66. The molecule has 2 N–H and O–H groups in total. The maximum Gasteiger partial charge on any atom is 0.257 e. The predicted molar refractivity (Wildman–Crippen MR) is 99.5 cm³/mol. The smallest absolute Gasteiger partial charge is 0.257 e. The Labute approximate surface area is 150 Å². The zero-order chi connectivity index (χ0) is 18.4. The second kappa shape index (κ2) is 8.11. The quantitative estimate of drug-likeness (QED) is 0.680. The molecule has 132 valence electrons. The number of pyridine rings is 1. The molecule has 0 spiro atoms. The molecule has 0 aliphatic rings. The van der Waals surface area contributed by atoms with E-state index in [-0.39, 0.29) is 11.7 Å². The van der Waals surface area contributed by atoms with Gasteiger partial charge in [-0.3, -0.25) is 4.79 Å². The molecule has 0 radical (unpaired) electrons. The Hall–Kier alpha value is -3.41. The van der Waals surface area contributed by atoms with Gasteiger partial charge < -0.3 is 15.4 Å². The Morgan fingerprint density at radius 3 is 2.54 bits per heavy atom. The van der Waals surface area contributed by atoms with Crippen LogP contribution in [0.4, 0.5) is 21.6 Å². The zero-order valence-electron chi connectivity index (χ0n) is 14.2. The van der Waals surface area contributed by atoms with E-state index in [9.17, 15) is 9.18 Å². The lowest BCUT2D eigenvalue weighted by atomic mass is 10.2. The summed E-state index contributed by atoms with van der Waals surface area (Å²) in [5, 5.41) is 5.86. The summed E-state index contributed by atoms with van der Waals surface area (Å²) in [4.78, 5) is 16.6. The number of rotatable bonds is 6. The molecule has 1 heterocycles. The highest BCUT2D eigenvalue weighted by atomic mass is 19.1. The van der Waals surface area contributed by atoms with Gasteiger partial charge in [0.1, 0.15) is 17.4 Å². The highest BCUT2D eigenvalue weighted by molar-refractivity contribution is 6.04. The number of hydrogen-bond donors (Lipinski definition) is 2. The fourth-order valence-corrected chi connectivity index (χ4v) is 2.33. The summed E-state index contributed by atoms with van der Waals surface area (Å²) in [6, 6.07) is 16.5. The Morgan fingerprint density at radius 1 is 1.08 bits per heavy atom. The van der Waals surface area contributed by atoms with Crippen LogP contribution in [0.1, 0.15) is 17.3 Å². The maximum absolute atomic E-state index is 12.9. The summed E-state index contributed by atoms with van der Waals surface area (Å²) in [5.41, 5.74) is 1.73. The SMILES string of the molecule is CCOc1ccccc1NC(=O)c1ccc(Nc2ccc(F)cc2)nc1. The van der Waals surface area contributed by atoms with Gasteiger partial charge in [-0.2, -0.15) is 0 Å². The van der Waals surface area contributed by atoms with Gasteiger partial charge in [0.15, 0.2) is 0 Å².